The first kappa shape index (κ1) is 16.6. The fourth-order valence-corrected chi connectivity index (χ4v) is 3.12. The van der Waals surface area contributed by atoms with Crippen LogP contribution in [0.4, 0.5) is 0 Å². The summed E-state index contributed by atoms with van der Waals surface area (Å²) in [4.78, 5) is 14.2. The minimum Gasteiger partial charge on any atom is -0.468 e. The summed E-state index contributed by atoms with van der Waals surface area (Å²) in [6.45, 7) is 1.62. The van der Waals surface area contributed by atoms with E-state index in [2.05, 4.69) is 0 Å². The summed E-state index contributed by atoms with van der Waals surface area (Å²) in [5, 5.41) is 10.0. The molecule has 0 radical (unpaired) electrons. The smallest absolute Gasteiger partial charge is 0.327 e. The molecule has 21 heavy (non-hydrogen) atoms. The van der Waals surface area contributed by atoms with Gasteiger partial charge in [-0.05, 0) is 37.9 Å². The second-order valence-corrected chi connectivity index (χ2v) is 6.02. The van der Waals surface area contributed by atoms with Crippen molar-refractivity contribution in [2.75, 3.05) is 26.8 Å². The number of hydrogen-bond acceptors (Lipinski definition) is 4. The molecule has 1 fully saturated rings. The molecule has 1 aliphatic heterocycles. The first-order valence-electron chi connectivity index (χ1n) is 6.95. The normalized spacial score (nSPS) is 18.5. The van der Waals surface area contributed by atoms with Crippen molar-refractivity contribution in [1.82, 2.24) is 4.90 Å². The third-order valence-corrected chi connectivity index (χ3v) is 4.81. The number of aliphatic hydroxyl groups is 1. The molecule has 0 aromatic heterocycles. The van der Waals surface area contributed by atoms with Crippen molar-refractivity contribution in [3.8, 4) is 0 Å². The first-order valence-corrected chi connectivity index (χ1v) is 7.70. The number of benzene rings is 1. The fraction of sp³-hybridized carbons (Fsp3) is 0.533. The number of carbonyl (C=O) groups is 1. The lowest BCUT2D eigenvalue weighted by atomic mass is 9.95. The number of methoxy groups -OCH3 is 1. The molecule has 6 heteroatoms. The molecule has 0 amide bonds. The van der Waals surface area contributed by atoms with Gasteiger partial charge >= 0.3 is 5.97 Å². The molecule has 0 bridgehead atoms. The average Bonchev–Trinajstić information content (AvgIpc) is 2.52. The summed E-state index contributed by atoms with van der Waals surface area (Å²) >= 11 is 12.3. The van der Waals surface area contributed by atoms with Crippen molar-refractivity contribution < 1.29 is 14.6 Å². The zero-order valence-corrected chi connectivity index (χ0v) is 13.4. The SMILES string of the molecule is COC(=O)[C@@H](c1cccc(Cl)c1Cl)N1CCC(CO)CC1. The maximum atomic E-state index is 12.2. The molecule has 4 nitrogen and oxygen atoms in total. The number of likely N-dealkylation sites (tertiary alicyclic amines) is 1. The Morgan fingerprint density at radius 2 is 2.10 bits per heavy atom. The molecule has 1 aromatic carbocycles. The summed E-state index contributed by atoms with van der Waals surface area (Å²) in [5.74, 6) is -0.0454. The Morgan fingerprint density at radius 3 is 2.67 bits per heavy atom. The Hall–Kier alpha value is -0.810. The molecule has 0 spiro atoms. The van der Waals surface area contributed by atoms with Crippen LogP contribution in [0.1, 0.15) is 24.4 Å². The van der Waals surface area contributed by atoms with E-state index >= 15 is 0 Å². The van der Waals surface area contributed by atoms with Crippen LogP contribution in [0.15, 0.2) is 18.2 Å². The molecule has 0 saturated carbocycles. The van der Waals surface area contributed by atoms with Crippen LogP contribution in [0.2, 0.25) is 10.0 Å². The van der Waals surface area contributed by atoms with Gasteiger partial charge in [0.05, 0.1) is 17.2 Å². The van der Waals surface area contributed by atoms with Crippen molar-refractivity contribution in [1.29, 1.82) is 0 Å². The van der Waals surface area contributed by atoms with Crippen LogP contribution >= 0.6 is 23.2 Å². The molecular formula is C15H19Cl2NO3. The molecule has 0 unspecified atom stereocenters. The number of halogens is 2. The topological polar surface area (TPSA) is 49.8 Å². The van der Waals surface area contributed by atoms with Gasteiger partial charge in [-0.25, -0.2) is 4.79 Å². The predicted octanol–water partition coefficient (Wildman–Crippen LogP) is 2.91. The van der Waals surface area contributed by atoms with E-state index in [1.807, 2.05) is 4.90 Å². The summed E-state index contributed by atoms with van der Waals surface area (Å²) in [6.07, 6.45) is 1.70. The highest BCUT2D eigenvalue weighted by Crippen LogP contribution is 2.35. The van der Waals surface area contributed by atoms with Crippen molar-refractivity contribution in [2.24, 2.45) is 5.92 Å². The molecule has 1 aliphatic rings. The van der Waals surface area contributed by atoms with E-state index in [0.717, 1.165) is 12.8 Å². The quantitative estimate of drug-likeness (QED) is 0.862. The molecule has 1 heterocycles. The Morgan fingerprint density at radius 1 is 1.43 bits per heavy atom. The molecule has 1 aromatic rings. The molecule has 116 valence electrons. The van der Waals surface area contributed by atoms with Crippen LogP contribution in [0.5, 0.6) is 0 Å². The number of piperidine rings is 1. The van der Waals surface area contributed by atoms with Crippen LogP contribution in [-0.4, -0.2) is 42.8 Å². The van der Waals surface area contributed by atoms with Gasteiger partial charge in [-0.15, -0.1) is 0 Å². The summed E-state index contributed by atoms with van der Waals surface area (Å²) in [5.41, 5.74) is 0.665. The zero-order valence-electron chi connectivity index (χ0n) is 11.9. The number of carbonyl (C=O) groups excluding carboxylic acids is 1. The number of esters is 1. The van der Waals surface area contributed by atoms with Gasteiger partial charge < -0.3 is 9.84 Å². The largest absolute Gasteiger partial charge is 0.468 e. The summed E-state index contributed by atoms with van der Waals surface area (Å²) in [7, 11) is 1.37. The zero-order chi connectivity index (χ0) is 15.4. The van der Waals surface area contributed by atoms with Crippen molar-refractivity contribution in [3.05, 3.63) is 33.8 Å². The molecule has 1 atom stereocenters. The van der Waals surface area contributed by atoms with Gasteiger partial charge in [0, 0.05) is 12.2 Å². The van der Waals surface area contributed by atoms with Gasteiger partial charge in [-0.3, -0.25) is 4.90 Å². The Labute approximate surface area is 134 Å². The fourth-order valence-electron chi connectivity index (χ4n) is 2.71. The first-order chi connectivity index (χ1) is 10.1. The van der Waals surface area contributed by atoms with Crippen molar-refractivity contribution >= 4 is 29.2 Å². The van der Waals surface area contributed by atoms with Crippen LogP contribution in [0.3, 0.4) is 0 Å². The van der Waals surface area contributed by atoms with Crippen LogP contribution in [0.25, 0.3) is 0 Å². The van der Waals surface area contributed by atoms with E-state index in [-0.39, 0.29) is 12.6 Å². The number of nitrogens with zero attached hydrogens (tertiary/aromatic N) is 1. The second kappa shape index (κ2) is 7.45. The number of rotatable bonds is 4. The molecule has 2 rings (SSSR count). The number of ether oxygens (including phenoxy) is 1. The third kappa shape index (κ3) is 3.69. The lowest BCUT2D eigenvalue weighted by Crippen LogP contribution is -2.41. The number of aliphatic hydroxyl groups excluding tert-OH is 1. The minimum absolute atomic E-state index is 0.189. The highest BCUT2D eigenvalue weighted by Gasteiger charge is 2.33. The molecule has 1 N–H and O–H groups in total. The van der Waals surface area contributed by atoms with E-state index in [0.29, 0.717) is 34.6 Å². The summed E-state index contributed by atoms with van der Waals surface area (Å²) < 4.78 is 4.94. The van der Waals surface area contributed by atoms with Gasteiger partial charge in [0.2, 0.25) is 0 Å². The van der Waals surface area contributed by atoms with Gasteiger partial charge in [-0.2, -0.15) is 0 Å². The van der Waals surface area contributed by atoms with E-state index < -0.39 is 6.04 Å². The lowest BCUT2D eigenvalue weighted by molar-refractivity contribution is -0.148. The monoisotopic (exact) mass is 331 g/mol. The van der Waals surface area contributed by atoms with E-state index in [4.69, 9.17) is 27.9 Å². The molecule has 1 saturated heterocycles. The van der Waals surface area contributed by atoms with Crippen LogP contribution < -0.4 is 0 Å². The second-order valence-electron chi connectivity index (χ2n) is 5.23. The Bertz CT molecular complexity index is 502. The van der Waals surface area contributed by atoms with Crippen LogP contribution in [0, 0.1) is 5.92 Å². The van der Waals surface area contributed by atoms with Gasteiger partial charge in [0.25, 0.3) is 0 Å². The maximum Gasteiger partial charge on any atom is 0.327 e. The maximum absolute atomic E-state index is 12.2. The highest BCUT2D eigenvalue weighted by molar-refractivity contribution is 6.42. The Kier molecular flexibility index (Phi) is 5.88. The third-order valence-electron chi connectivity index (χ3n) is 3.97. The predicted molar refractivity (Wildman–Crippen MR) is 82.6 cm³/mol. The lowest BCUT2D eigenvalue weighted by Gasteiger charge is -2.36. The van der Waals surface area contributed by atoms with E-state index in [1.165, 1.54) is 7.11 Å². The summed E-state index contributed by atoms with van der Waals surface area (Å²) in [6, 6.07) is 4.72. The van der Waals surface area contributed by atoms with E-state index in [1.54, 1.807) is 18.2 Å². The average molecular weight is 332 g/mol. The van der Waals surface area contributed by atoms with Gasteiger partial charge in [0.15, 0.2) is 0 Å². The molecular weight excluding hydrogens is 313 g/mol. The Balaban J connectivity index is 2.27. The van der Waals surface area contributed by atoms with Gasteiger partial charge in [-0.1, -0.05) is 35.3 Å². The van der Waals surface area contributed by atoms with E-state index in [9.17, 15) is 9.90 Å². The standard InChI is InChI=1S/C15H19Cl2NO3/c1-21-15(20)14(11-3-2-4-12(16)13(11)17)18-7-5-10(9-19)6-8-18/h2-4,10,14,19H,5-9H2,1H3/t14-/m1/s1. The minimum atomic E-state index is -0.555. The van der Waals surface area contributed by atoms with Crippen molar-refractivity contribution in [2.45, 2.75) is 18.9 Å². The van der Waals surface area contributed by atoms with Crippen LogP contribution in [-0.2, 0) is 9.53 Å². The highest BCUT2D eigenvalue weighted by atomic mass is 35.5. The number of hydrogen-bond donors (Lipinski definition) is 1. The van der Waals surface area contributed by atoms with Crippen molar-refractivity contribution in [3.63, 3.8) is 0 Å². The molecule has 0 aliphatic carbocycles. The van der Waals surface area contributed by atoms with Gasteiger partial charge in [0.1, 0.15) is 6.04 Å².